The van der Waals surface area contributed by atoms with E-state index in [2.05, 4.69) is 10.1 Å². The molecule has 1 saturated heterocycles. The van der Waals surface area contributed by atoms with Crippen LogP contribution in [-0.4, -0.2) is 67.4 Å². The zero-order valence-electron chi connectivity index (χ0n) is 13.4. The largest absolute Gasteiger partial charge is 0.465 e. The van der Waals surface area contributed by atoms with Crippen molar-refractivity contribution in [2.75, 3.05) is 45.2 Å². The van der Waals surface area contributed by atoms with Crippen molar-refractivity contribution in [3.8, 4) is 0 Å². The van der Waals surface area contributed by atoms with Gasteiger partial charge in [0.2, 0.25) is 11.8 Å². The Kier molecular flexibility index (Phi) is 5.70. The summed E-state index contributed by atoms with van der Waals surface area (Å²) in [6.45, 7) is 4.44. The van der Waals surface area contributed by atoms with E-state index < -0.39 is 5.97 Å². The fourth-order valence-corrected chi connectivity index (χ4v) is 2.47. The smallest absolute Gasteiger partial charge is 0.337 e. The quantitative estimate of drug-likeness (QED) is 0.821. The number of esters is 1. The number of rotatable bonds is 4. The molecule has 0 unspecified atom stereocenters. The standard InChI is InChI=1S/C16H21N3O4/c1-12(20)19-8-6-18(7-9-19)11-15(21)17-14-5-3-4-13(10-14)16(22)23-2/h3-5,10H,6-9,11H2,1-2H3,(H,17,21). The number of methoxy groups -OCH3 is 1. The van der Waals surface area contributed by atoms with Gasteiger partial charge in [-0.05, 0) is 18.2 Å². The molecule has 7 heteroatoms. The van der Waals surface area contributed by atoms with Crippen LogP contribution < -0.4 is 5.32 Å². The van der Waals surface area contributed by atoms with Gasteiger partial charge in [-0.25, -0.2) is 4.79 Å². The number of nitrogens with one attached hydrogen (secondary N) is 1. The molecular weight excluding hydrogens is 298 g/mol. The van der Waals surface area contributed by atoms with Crippen molar-refractivity contribution >= 4 is 23.5 Å². The van der Waals surface area contributed by atoms with Crippen molar-refractivity contribution in [2.24, 2.45) is 0 Å². The predicted octanol–water partition coefficient (Wildman–Crippen LogP) is 0.576. The van der Waals surface area contributed by atoms with E-state index in [-0.39, 0.29) is 18.4 Å². The molecule has 1 aliphatic rings. The first kappa shape index (κ1) is 17.0. The highest BCUT2D eigenvalue weighted by Gasteiger charge is 2.20. The maximum atomic E-state index is 12.1. The van der Waals surface area contributed by atoms with E-state index in [1.807, 2.05) is 4.90 Å². The molecule has 23 heavy (non-hydrogen) atoms. The highest BCUT2D eigenvalue weighted by atomic mass is 16.5. The minimum atomic E-state index is -0.443. The number of carbonyl (C=O) groups excluding carboxylic acids is 3. The summed E-state index contributed by atoms with van der Waals surface area (Å²) in [5.41, 5.74) is 0.945. The number of hydrogen-bond donors (Lipinski definition) is 1. The molecule has 1 fully saturated rings. The Labute approximate surface area is 135 Å². The summed E-state index contributed by atoms with van der Waals surface area (Å²) < 4.78 is 4.66. The molecule has 1 aliphatic heterocycles. The van der Waals surface area contributed by atoms with Crippen LogP contribution in [0.1, 0.15) is 17.3 Å². The summed E-state index contributed by atoms with van der Waals surface area (Å²) in [5.74, 6) is -0.529. The third-order valence-electron chi connectivity index (χ3n) is 3.75. The number of piperazine rings is 1. The van der Waals surface area contributed by atoms with Crippen LogP contribution in [0, 0.1) is 0 Å². The molecular formula is C16H21N3O4. The van der Waals surface area contributed by atoms with E-state index in [0.717, 1.165) is 0 Å². The molecule has 2 rings (SSSR count). The Morgan fingerprint density at radius 3 is 2.48 bits per heavy atom. The van der Waals surface area contributed by atoms with Gasteiger partial charge in [-0.2, -0.15) is 0 Å². The van der Waals surface area contributed by atoms with Crippen LogP contribution in [0.15, 0.2) is 24.3 Å². The molecule has 2 amide bonds. The van der Waals surface area contributed by atoms with Gasteiger partial charge in [0.05, 0.1) is 19.2 Å². The van der Waals surface area contributed by atoms with Crippen LogP contribution in [0.3, 0.4) is 0 Å². The zero-order chi connectivity index (χ0) is 16.8. The maximum absolute atomic E-state index is 12.1. The van der Waals surface area contributed by atoms with Crippen LogP contribution in [-0.2, 0) is 14.3 Å². The van der Waals surface area contributed by atoms with Gasteiger partial charge in [-0.3, -0.25) is 14.5 Å². The van der Waals surface area contributed by atoms with Gasteiger partial charge in [0.1, 0.15) is 0 Å². The summed E-state index contributed by atoms with van der Waals surface area (Å²) in [5, 5.41) is 2.77. The SMILES string of the molecule is COC(=O)c1cccc(NC(=O)CN2CCN(C(C)=O)CC2)c1. The van der Waals surface area contributed by atoms with Gasteiger partial charge in [-0.15, -0.1) is 0 Å². The van der Waals surface area contributed by atoms with E-state index in [1.54, 1.807) is 36.1 Å². The predicted molar refractivity (Wildman–Crippen MR) is 85.1 cm³/mol. The number of ether oxygens (including phenoxy) is 1. The lowest BCUT2D eigenvalue weighted by Crippen LogP contribution is -2.49. The molecule has 124 valence electrons. The first-order valence-corrected chi connectivity index (χ1v) is 7.45. The normalized spacial score (nSPS) is 15.1. The van der Waals surface area contributed by atoms with Crippen molar-refractivity contribution in [3.63, 3.8) is 0 Å². The number of nitrogens with zero attached hydrogens (tertiary/aromatic N) is 2. The molecule has 0 radical (unpaired) electrons. The van der Waals surface area contributed by atoms with Gasteiger partial charge in [0.25, 0.3) is 0 Å². The van der Waals surface area contributed by atoms with Crippen molar-refractivity contribution in [1.82, 2.24) is 9.80 Å². The first-order valence-electron chi connectivity index (χ1n) is 7.45. The molecule has 0 bridgehead atoms. The molecule has 0 atom stereocenters. The summed E-state index contributed by atoms with van der Waals surface area (Å²) in [6, 6.07) is 6.62. The Morgan fingerprint density at radius 2 is 1.87 bits per heavy atom. The molecule has 1 aromatic carbocycles. The minimum Gasteiger partial charge on any atom is -0.465 e. The Bertz CT molecular complexity index is 595. The second kappa shape index (κ2) is 7.73. The number of amides is 2. The molecule has 0 aromatic heterocycles. The van der Waals surface area contributed by atoms with Crippen LogP contribution >= 0.6 is 0 Å². The molecule has 0 aliphatic carbocycles. The molecule has 0 spiro atoms. The average molecular weight is 319 g/mol. The van der Waals surface area contributed by atoms with E-state index in [1.165, 1.54) is 7.11 Å². The highest BCUT2D eigenvalue weighted by molar-refractivity contribution is 5.95. The number of anilines is 1. The number of carbonyl (C=O) groups is 3. The topological polar surface area (TPSA) is 79.0 Å². The van der Waals surface area contributed by atoms with Gasteiger partial charge in [0.15, 0.2) is 0 Å². The fourth-order valence-electron chi connectivity index (χ4n) is 2.47. The molecule has 0 saturated carbocycles. The van der Waals surface area contributed by atoms with Crippen molar-refractivity contribution in [2.45, 2.75) is 6.92 Å². The lowest BCUT2D eigenvalue weighted by molar-refractivity contribution is -0.130. The number of benzene rings is 1. The number of hydrogen-bond acceptors (Lipinski definition) is 5. The van der Waals surface area contributed by atoms with E-state index in [4.69, 9.17) is 0 Å². The van der Waals surface area contributed by atoms with Crippen molar-refractivity contribution in [3.05, 3.63) is 29.8 Å². The summed E-state index contributed by atoms with van der Waals surface area (Å²) in [7, 11) is 1.31. The lowest BCUT2D eigenvalue weighted by Gasteiger charge is -2.33. The highest BCUT2D eigenvalue weighted by Crippen LogP contribution is 2.12. The van der Waals surface area contributed by atoms with Crippen LogP contribution in [0.4, 0.5) is 5.69 Å². The van der Waals surface area contributed by atoms with Gasteiger partial charge < -0.3 is 15.0 Å². The van der Waals surface area contributed by atoms with E-state index in [0.29, 0.717) is 37.4 Å². The molecule has 7 nitrogen and oxygen atoms in total. The monoisotopic (exact) mass is 319 g/mol. The maximum Gasteiger partial charge on any atom is 0.337 e. The van der Waals surface area contributed by atoms with Gasteiger partial charge in [-0.1, -0.05) is 6.07 Å². The first-order chi connectivity index (χ1) is 11.0. The van der Waals surface area contributed by atoms with Crippen molar-refractivity contribution in [1.29, 1.82) is 0 Å². The van der Waals surface area contributed by atoms with Crippen LogP contribution in [0.2, 0.25) is 0 Å². The summed E-state index contributed by atoms with van der Waals surface area (Å²) in [6.07, 6.45) is 0. The summed E-state index contributed by atoms with van der Waals surface area (Å²) in [4.78, 5) is 38.6. The van der Waals surface area contributed by atoms with E-state index in [9.17, 15) is 14.4 Å². The minimum absolute atomic E-state index is 0.0636. The fraction of sp³-hybridized carbons (Fsp3) is 0.438. The zero-order valence-corrected chi connectivity index (χ0v) is 13.4. The Morgan fingerprint density at radius 1 is 1.17 bits per heavy atom. The van der Waals surface area contributed by atoms with E-state index >= 15 is 0 Å². The third kappa shape index (κ3) is 4.79. The Hall–Kier alpha value is -2.41. The molecule has 1 aromatic rings. The molecule has 1 heterocycles. The Balaban J connectivity index is 1.86. The summed E-state index contributed by atoms with van der Waals surface area (Å²) >= 11 is 0. The van der Waals surface area contributed by atoms with Crippen molar-refractivity contribution < 1.29 is 19.1 Å². The second-order valence-electron chi connectivity index (χ2n) is 5.40. The second-order valence-corrected chi connectivity index (χ2v) is 5.40. The van der Waals surface area contributed by atoms with Gasteiger partial charge >= 0.3 is 5.97 Å². The van der Waals surface area contributed by atoms with Crippen LogP contribution in [0.5, 0.6) is 0 Å². The molecule has 1 N–H and O–H groups in total. The van der Waals surface area contributed by atoms with Crippen LogP contribution in [0.25, 0.3) is 0 Å². The average Bonchev–Trinajstić information content (AvgIpc) is 2.54. The third-order valence-corrected chi connectivity index (χ3v) is 3.75. The van der Waals surface area contributed by atoms with Gasteiger partial charge in [0, 0.05) is 38.8 Å². The lowest BCUT2D eigenvalue weighted by atomic mass is 10.2.